The topological polar surface area (TPSA) is 17.1 Å². The molecule has 0 aliphatic heterocycles. The molecule has 3 aliphatic carbocycles. The van der Waals surface area contributed by atoms with Gasteiger partial charge in [-0.3, -0.25) is 4.79 Å². The van der Waals surface area contributed by atoms with Gasteiger partial charge in [-0.2, -0.15) is 0 Å². The third-order valence-electron chi connectivity index (χ3n) is 3.94. The van der Waals surface area contributed by atoms with Gasteiger partial charge in [-0.25, -0.2) is 0 Å². The second-order valence-corrected chi connectivity index (χ2v) is 5.52. The Hall–Kier alpha value is -0.630. The number of benzene rings is 1. The Labute approximate surface area is 98.0 Å². The third kappa shape index (κ3) is 1.38. The number of hydrogen-bond acceptors (Lipinski definition) is 1. The molecule has 0 N–H and O–H groups in total. The first-order valence-corrected chi connectivity index (χ1v) is 6.37. The number of halogens is 1. The highest BCUT2D eigenvalue weighted by molar-refractivity contribution is 9.10. The zero-order chi connectivity index (χ0) is 10.4. The summed E-state index contributed by atoms with van der Waals surface area (Å²) < 4.78 is 0.962. The van der Waals surface area contributed by atoms with E-state index in [4.69, 9.17) is 0 Å². The maximum Gasteiger partial charge on any atom is 0.151 e. The van der Waals surface area contributed by atoms with Crippen LogP contribution in [-0.4, -0.2) is 6.29 Å². The fourth-order valence-electron chi connectivity index (χ4n) is 3.14. The van der Waals surface area contributed by atoms with Crippen molar-refractivity contribution in [3.05, 3.63) is 33.3 Å². The molecular weight excluding hydrogens is 252 g/mol. The zero-order valence-corrected chi connectivity index (χ0v) is 10.1. The van der Waals surface area contributed by atoms with Crippen LogP contribution >= 0.6 is 15.9 Å². The van der Waals surface area contributed by atoms with Crippen LogP contribution in [0, 0.1) is 0 Å². The average molecular weight is 265 g/mol. The Kier molecular flexibility index (Phi) is 2.20. The van der Waals surface area contributed by atoms with Gasteiger partial charge in [0.05, 0.1) is 0 Å². The van der Waals surface area contributed by atoms with Gasteiger partial charge in [-0.15, -0.1) is 0 Å². The van der Waals surface area contributed by atoms with Gasteiger partial charge in [0.1, 0.15) is 0 Å². The van der Waals surface area contributed by atoms with Crippen LogP contribution < -0.4 is 0 Å². The minimum Gasteiger partial charge on any atom is -0.298 e. The van der Waals surface area contributed by atoms with Gasteiger partial charge in [0.25, 0.3) is 0 Å². The summed E-state index contributed by atoms with van der Waals surface area (Å²) in [6.07, 6.45) is 6.26. The Bertz CT molecular complexity index is 417. The van der Waals surface area contributed by atoms with Gasteiger partial charge in [0.2, 0.25) is 0 Å². The molecule has 0 amide bonds. The minimum atomic E-state index is 0.719. The van der Waals surface area contributed by atoms with Gasteiger partial charge in [-0.1, -0.05) is 15.9 Å². The molecule has 2 bridgehead atoms. The molecule has 0 heterocycles. The largest absolute Gasteiger partial charge is 0.298 e. The highest BCUT2D eigenvalue weighted by Crippen LogP contribution is 2.50. The molecular formula is C13H13BrO. The lowest BCUT2D eigenvalue weighted by atomic mass is 9.67. The zero-order valence-electron chi connectivity index (χ0n) is 8.50. The summed E-state index contributed by atoms with van der Waals surface area (Å²) >= 11 is 3.48. The number of carbonyl (C=O) groups excluding carboxylic acids is 1. The van der Waals surface area contributed by atoms with Gasteiger partial charge in [0, 0.05) is 10.0 Å². The monoisotopic (exact) mass is 264 g/mol. The quantitative estimate of drug-likeness (QED) is 0.701. The minimum absolute atomic E-state index is 0.719. The summed E-state index contributed by atoms with van der Waals surface area (Å²) in [5, 5.41) is 0. The fraction of sp³-hybridized carbons (Fsp3) is 0.462. The van der Waals surface area contributed by atoms with Crippen LogP contribution in [0.3, 0.4) is 0 Å². The molecule has 1 fully saturated rings. The Balaban J connectivity index is 2.19. The molecule has 0 spiro atoms. The van der Waals surface area contributed by atoms with E-state index in [1.807, 2.05) is 0 Å². The predicted octanol–water partition coefficient (Wildman–Crippen LogP) is 4.02. The van der Waals surface area contributed by atoms with Crippen LogP contribution in [0.1, 0.15) is 59.0 Å². The molecule has 0 radical (unpaired) electrons. The Morgan fingerprint density at radius 3 is 2.13 bits per heavy atom. The summed E-state index contributed by atoms with van der Waals surface area (Å²) in [7, 11) is 0. The molecule has 1 nitrogen and oxygen atoms in total. The average Bonchev–Trinajstić information content (AvgIpc) is 2.29. The van der Waals surface area contributed by atoms with Crippen molar-refractivity contribution in [2.75, 3.05) is 0 Å². The third-order valence-corrected chi connectivity index (χ3v) is 4.62. The van der Waals surface area contributed by atoms with E-state index >= 15 is 0 Å². The summed E-state index contributed by atoms with van der Waals surface area (Å²) in [6, 6.07) is 4.28. The van der Waals surface area contributed by atoms with Gasteiger partial charge >= 0.3 is 0 Å². The maximum absolute atomic E-state index is 10.9. The van der Waals surface area contributed by atoms with Crippen LogP contribution in [-0.2, 0) is 0 Å². The fourth-order valence-corrected chi connectivity index (χ4v) is 3.59. The smallest absolute Gasteiger partial charge is 0.151 e. The number of hydrogen-bond donors (Lipinski definition) is 0. The van der Waals surface area contributed by atoms with Crippen LogP contribution in [0.15, 0.2) is 16.6 Å². The molecule has 2 heteroatoms. The summed E-state index contributed by atoms with van der Waals surface area (Å²) in [5.41, 5.74) is 3.75. The first-order valence-electron chi connectivity index (χ1n) is 5.58. The molecule has 1 aromatic carbocycles. The van der Waals surface area contributed by atoms with E-state index in [2.05, 4.69) is 28.1 Å². The maximum atomic E-state index is 10.9. The normalized spacial score (nSPS) is 27.5. The highest BCUT2D eigenvalue weighted by Gasteiger charge is 2.33. The van der Waals surface area contributed by atoms with Crippen molar-refractivity contribution in [2.45, 2.75) is 37.5 Å². The lowest BCUT2D eigenvalue weighted by Crippen LogP contribution is -2.21. The highest BCUT2D eigenvalue weighted by atomic mass is 79.9. The number of rotatable bonds is 1. The Morgan fingerprint density at radius 1 is 1.07 bits per heavy atom. The molecule has 0 saturated heterocycles. The van der Waals surface area contributed by atoms with E-state index in [0.717, 1.165) is 28.2 Å². The first kappa shape index (κ1) is 9.59. The summed E-state index contributed by atoms with van der Waals surface area (Å²) in [6.45, 7) is 0. The summed E-state index contributed by atoms with van der Waals surface area (Å²) in [4.78, 5) is 10.9. The molecule has 3 aliphatic rings. The van der Waals surface area contributed by atoms with Crippen LogP contribution in [0.5, 0.6) is 0 Å². The molecule has 0 aromatic heterocycles. The van der Waals surface area contributed by atoms with Crippen LogP contribution in [0.4, 0.5) is 0 Å². The molecule has 15 heavy (non-hydrogen) atoms. The van der Waals surface area contributed by atoms with Gasteiger partial charge < -0.3 is 0 Å². The van der Waals surface area contributed by atoms with E-state index in [-0.39, 0.29) is 0 Å². The second kappa shape index (κ2) is 3.44. The van der Waals surface area contributed by atoms with Crippen molar-refractivity contribution in [2.24, 2.45) is 0 Å². The predicted molar refractivity (Wildman–Crippen MR) is 63.5 cm³/mol. The molecule has 1 aromatic rings. The van der Waals surface area contributed by atoms with Gasteiger partial charge in [-0.05, 0) is 60.8 Å². The van der Waals surface area contributed by atoms with Crippen molar-refractivity contribution >= 4 is 22.2 Å². The van der Waals surface area contributed by atoms with Crippen LogP contribution in [0.2, 0.25) is 0 Å². The second-order valence-electron chi connectivity index (χ2n) is 4.67. The number of carbonyl (C=O) groups is 1. The van der Waals surface area contributed by atoms with Crippen molar-refractivity contribution in [3.63, 3.8) is 0 Å². The van der Waals surface area contributed by atoms with Crippen molar-refractivity contribution in [1.29, 1.82) is 0 Å². The molecule has 78 valence electrons. The van der Waals surface area contributed by atoms with E-state index in [1.54, 1.807) is 0 Å². The Morgan fingerprint density at radius 2 is 1.60 bits per heavy atom. The number of fused-ring (bicyclic) bond motifs is 2. The lowest BCUT2D eigenvalue weighted by molar-refractivity contribution is 0.112. The molecule has 1 saturated carbocycles. The molecule has 4 rings (SSSR count). The summed E-state index contributed by atoms with van der Waals surface area (Å²) in [5.74, 6) is 1.47. The van der Waals surface area contributed by atoms with Gasteiger partial charge in [0.15, 0.2) is 6.29 Å². The van der Waals surface area contributed by atoms with Crippen molar-refractivity contribution < 1.29 is 4.79 Å². The molecule has 0 unspecified atom stereocenters. The van der Waals surface area contributed by atoms with E-state index in [9.17, 15) is 4.79 Å². The standard InChI is InChI=1S/C13H13BrO/c14-13-6-12-9-3-1-8(2-4-9)11(12)5-10(13)7-15/h5-9H,1-4H2. The van der Waals surface area contributed by atoms with Crippen molar-refractivity contribution in [1.82, 2.24) is 0 Å². The lowest BCUT2D eigenvalue weighted by Gasteiger charge is -2.38. The van der Waals surface area contributed by atoms with E-state index in [1.165, 1.54) is 36.8 Å². The SMILES string of the molecule is O=Cc1cc2c(cc1Br)C1CCC2CC1. The van der Waals surface area contributed by atoms with Crippen LogP contribution in [0.25, 0.3) is 0 Å². The van der Waals surface area contributed by atoms with E-state index < -0.39 is 0 Å². The van der Waals surface area contributed by atoms with Crippen molar-refractivity contribution in [3.8, 4) is 0 Å². The first-order chi connectivity index (χ1) is 7.29. The molecule has 0 atom stereocenters. The number of aldehydes is 1. The van der Waals surface area contributed by atoms with E-state index in [0.29, 0.717) is 0 Å².